The minimum absolute atomic E-state index is 0.0747. The highest BCUT2D eigenvalue weighted by molar-refractivity contribution is 9.10. The van der Waals surface area contributed by atoms with Gasteiger partial charge < -0.3 is 9.80 Å². The Hall–Kier alpha value is -3.70. The highest BCUT2D eigenvalue weighted by atomic mass is 79.9. The van der Waals surface area contributed by atoms with Crippen molar-refractivity contribution >= 4 is 50.3 Å². The number of nitrogens with zero attached hydrogens (tertiary/aromatic N) is 7. The molecular weight excluding hydrogens is 625 g/mol. The number of rotatable bonds is 5. The van der Waals surface area contributed by atoms with Gasteiger partial charge in [0.05, 0.1) is 33.2 Å². The van der Waals surface area contributed by atoms with Crippen molar-refractivity contribution in [1.82, 2.24) is 29.4 Å². The molecule has 0 bridgehead atoms. The van der Waals surface area contributed by atoms with Crippen LogP contribution in [-0.2, 0) is 4.79 Å². The van der Waals surface area contributed by atoms with Crippen molar-refractivity contribution < 1.29 is 9.18 Å². The summed E-state index contributed by atoms with van der Waals surface area (Å²) in [6.45, 7) is 14.1. The second-order valence-electron chi connectivity index (χ2n) is 10.7. The third-order valence-electron chi connectivity index (χ3n) is 7.47. The van der Waals surface area contributed by atoms with Crippen molar-refractivity contribution in [3.8, 4) is 16.9 Å². The Morgan fingerprint density at radius 2 is 1.86 bits per heavy atom. The zero-order valence-corrected chi connectivity index (χ0v) is 26.2. The van der Waals surface area contributed by atoms with Gasteiger partial charge >= 0.3 is 5.69 Å². The zero-order chi connectivity index (χ0) is 30.5. The monoisotopic (exact) mass is 653 g/mol. The molecule has 1 amide bonds. The fourth-order valence-corrected chi connectivity index (χ4v) is 6.16. The number of aryl methyl sites for hydroxylation is 1. The maximum atomic E-state index is 15.0. The molecule has 0 radical (unpaired) electrons. The van der Waals surface area contributed by atoms with Crippen molar-refractivity contribution in [1.29, 1.82) is 0 Å². The van der Waals surface area contributed by atoms with Crippen LogP contribution in [0.4, 0.5) is 10.2 Å². The van der Waals surface area contributed by atoms with Crippen molar-refractivity contribution in [3.05, 3.63) is 80.4 Å². The molecule has 4 heterocycles. The summed E-state index contributed by atoms with van der Waals surface area (Å²) in [6.07, 6.45) is 1.30. The average Bonchev–Trinajstić information content (AvgIpc) is 2.94. The van der Waals surface area contributed by atoms with Crippen LogP contribution in [0.15, 0.2) is 52.5 Å². The SMILES string of the molecule is C=CC(=O)N1C[C@H](C)N(c2nc(=O)n(-c3c(C)nc(Br)nc3C(C)C)c3nc(-c4ccccc4F)c(Cl)cc23)C[C@H]1C. The number of hydrogen-bond acceptors (Lipinski definition) is 7. The highest BCUT2D eigenvalue weighted by Gasteiger charge is 2.34. The molecule has 0 aliphatic carbocycles. The van der Waals surface area contributed by atoms with E-state index < -0.39 is 11.5 Å². The minimum atomic E-state index is -0.591. The van der Waals surface area contributed by atoms with Crippen molar-refractivity contribution in [2.45, 2.75) is 52.6 Å². The van der Waals surface area contributed by atoms with Crippen LogP contribution in [0.25, 0.3) is 28.0 Å². The number of fused-ring (bicyclic) bond motifs is 1. The maximum Gasteiger partial charge on any atom is 0.355 e. The summed E-state index contributed by atoms with van der Waals surface area (Å²) in [7, 11) is 0. The van der Waals surface area contributed by atoms with Gasteiger partial charge in [0.1, 0.15) is 11.6 Å². The fourth-order valence-electron chi connectivity index (χ4n) is 5.45. The Labute approximate surface area is 256 Å². The van der Waals surface area contributed by atoms with Crippen molar-refractivity contribution in [3.63, 3.8) is 0 Å². The molecular formula is C30H30BrClFN7O2. The number of halogens is 3. The number of anilines is 1. The summed E-state index contributed by atoms with van der Waals surface area (Å²) in [4.78, 5) is 48.7. The Kier molecular flexibility index (Phi) is 8.17. The topological polar surface area (TPSA) is 97.1 Å². The molecule has 1 aromatic carbocycles. The quantitative estimate of drug-likeness (QED) is 0.197. The summed E-state index contributed by atoms with van der Waals surface area (Å²) in [5.74, 6) is -0.346. The lowest BCUT2D eigenvalue weighted by atomic mass is 10.1. The molecule has 4 aromatic rings. The van der Waals surface area contributed by atoms with Crippen LogP contribution >= 0.6 is 27.5 Å². The molecule has 1 saturated heterocycles. The summed E-state index contributed by atoms with van der Waals surface area (Å²) < 4.78 is 16.8. The molecule has 1 aliphatic heterocycles. The number of hydrogen-bond donors (Lipinski definition) is 0. The minimum Gasteiger partial charge on any atom is -0.349 e. The smallest absolute Gasteiger partial charge is 0.349 e. The second-order valence-corrected chi connectivity index (χ2v) is 11.9. The van der Waals surface area contributed by atoms with Crippen LogP contribution in [0.2, 0.25) is 5.02 Å². The molecule has 1 fully saturated rings. The summed E-state index contributed by atoms with van der Waals surface area (Å²) in [6, 6.07) is 7.51. The lowest BCUT2D eigenvalue weighted by Crippen LogP contribution is -2.58. The Morgan fingerprint density at radius 3 is 2.52 bits per heavy atom. The van der Waals surface area contributed by atoms with E-state index in [0.29, 0.717) is 46.1 Å². The Bertz CT molecular complexity index is 1790. The molecule has 12 heteroatoms. The van der Waals surface area contributed by atoms with E-state index >= 15 is 0 Å². The average molecular weight is 655 g/mol. The first-order chi connectivity index (χ1) is 19.9. The van der Waals surface area contributed by atoms with Gasteiger partial charge in [-0.2, -0.15) is 4.98 Å². The number of benzene rings is 1. The molecule has 9 nitrogen and oxygen atoms in total. The van der Waals surface area contributed by atoms with Gasteiger partial charge in [0.25, 0.3) is 0 Å². The van der Waals surface area contributed by atoms with Gasteiger partial charge in [0.15, 0.2) is 10.4 Å². The number of carbonyl (C=O) groups is 1. The van der Waals surface area contributed by atoms with E-state index in [0.717, 1.165) is 0 Å². The predicted octanol–water partition coefficient (Wildman–Crippen LogP) is 5.84. The normalized spacial score (nSPS) is 17.3. The lowest BCUT2D eigenvalue weighted by molar-refractivity contribution is -0.128. The van der Waals surface area contributed by atoms with Gasteiger partial charge in [0.2, 0.25) is 5.91 Å². The molecule has 42 heavy (non-hydrogen) atoms. The van der Waals surface area contributed by atoms with Crippen LogP contribution in [0, 0.1) is 12.7 Å². The van der Waals surface area contributed by atoms with E-state index in [1.54, 1.807) is 36.1 Å². The van der Waals surface area contributed by atoms with E-state index in [4.69, 9.17) is 16.6 Å². The Morgan fingerprint density at radius 1 is 1.14 bits per heavy atom. The summed E-state index contributed by atoms with van der Waals surface area (Å²) in [5.41, 5.74) is 1.67. The largest absolute Gasteiger partial charge is 0.355 e. The molecule has 2 atom stereocenters. The molecule has 0 saturated carbocycles. The van der Waals surface area contributed by atoms with Gasteiger partial charge in [-0.25, -0.2) is 28.7 Å². The number of pyridine rings is 1. The first kappa shape index (κ1) is 29.8. The molecule has 1 aliphatic rings. The maximum absolute atomic E-state index is 15.0. The zero-order valence-electron chi connectivity index (χ0n) is 23.9. The van der Waals surface area contributed by atoms with E-state index in [2.05, 4.69) is 37.5 Å². The summed E-state index contributed by atoms with van der Waals surface area (Å²) >= 11 is 10.2. The van der Waals surface area contributed by atoms with Crippen LogP contribution in [-0.4, -0.2) is 60.5 Å². The van der Waals surface area contributed by atoms with Crippen molar-refractivity contribution in [2.24, 2.45) is 0 Å². The van der Waals surface area contributed by atoms with E-state index in [1.165, 1.54) is 16.7 Å². The molecule has 0 unspecified atom stereocenters. The standard InChI is InChI=1S/C30H30BrClFN7O2/c1-7-23(41)38-13-17(5)39(14-16(38)4)27-20-12-21(32)25(19-10-8-9-11-22(19)33)35-28(20)40(30(42)37-27)26-18(6)34-29(31)36-24(26)15(2)3/h7-12,15-17H,1,13-14H2,2-6H3/t16-,17+/m1/s1. The predicted molar refractivity (Wildman–Crippen MR) is 166 cm³/mol. The third kappa shape index (κ3) is 5.20. The van der Waals surface area contributed by atoms with E-state index in [9.17, 15) is 14.0 Å². The van der Waals surface area contributed by atoms with Crippen LogP contribution in [0.5, 0.6) is 0 Å². The number of piperazine rings is 1. The third-order valence-corrected chi connectivity index (χ3v) is 8.12. The van der Waals surface area contributed by atoms with E-state index in [1.807, 2.05) is 32.6 Å². The van der Waals surface area contributed by atoms with Crippen LogP contribution < -0.4 is 10.6 Å². The van der Waals surface area contributed by atoms with Gasteiger partial charge in [0, 0.05) is 30.7 Å². The highest BCUT2D eigenvalue weighted by Crippen LogP contribution is 2.36. The molecule has 0 spiro atoms. The van der Waals surface area contributed by atoms with Gasteiger partial charge in [-0.05, 0) is 66.9 Å². The fraction of sp³-hybridized carbons (Fsp3) is 0.333. The molecule has 3 aromatic heterocycles. The number of amides is 1. The second kappa shape index (κ2) is 11.5. The van der Waals surface area contributed by atoms with Crippen LogP contribution in [0.1, 0.15) is 45.0 Å². The summed E-state index contributed by atoms with van der Waals surface area (Å²) in [5, 5.41) is 0.703. The number of aromatic nitrogens is 5. The lowest BCUT2D eigenvalue weighted by Gasteiger charge is -2.44. The Balaban J connectivity index is 1.84. The van der Waals surface area contributed by atoms with Gasteiger partial charge in [-0.15, -0.1) is 0 Å². The first-order valence-electron chi connectivity index (χ1n) is 13.5. The number of carbonyl (C=O) groups excluding carboxylic acids is 1. The molecule has 218 valence electrons. The van der Waals surface area contributed by atoms with Crippen molar-refractivity contribution in [2.75, 3.05) is 18.0 Å². The van der Waals surface area contributed by atoms with E-state index in [-0.39, 0.29) is 45.8 Å². The van der Waals surface area contributed by atoms with Gasteiger partial charge in [-0.3, -0.25) is 4.79 Å². The molecule has 5 rings (SSSR count). The molecule has 0 N–H and O–H groups in total. The first-order valence-corrected chi connectivity index (χ1v) is 14.7. The van der Waals surface area contributed by atoms with Gasteiger partial charge in [-0.1, -0.05) is 44.2 Å². The van der Waals surface area contributed by atoms with Crippen LogP contribution in [0.3, 0.4) is 0 Å².